The Labute approximate surface area is 236 Å². The Bertz CT molecular complexity index is 1270. The molecule has 0 saturated carbocycles. The average Bonchev–Trinajstić information content (AvgIpc) is 2.84. The van der Waals surface area contributed by atoms with Crippen LogP contribution in [0.5, 0.6) is 5.75 Å². The number of hydrogen-bond acceptors (Lipinski definition) is 9. The Kier molecular flexibility index (Phi) is 10.2. The van der Waals surface area contributed by atoms with Gasteiger partial charge in [-0.15, -0.1) is 0 Å². The fourth-order valence-electron chi connectivity index (χ4n) is 4.18. The smallest absolute Gasteiger partial charge is 0.166 e. The molecule has 0 spiro atoms. The second-order valence-corrected chi connectivity index (χ2v) is 10.7. The van der Waals surface area contributed by atoms with Crippen molar-refractivity contribution in [3.05, 3.63) is 75.4 Å². The molecule has 0 bridgehead atoms. The van der Waals surface area contributed by atoms with Crippen LogP contribution in [0.25, 0.3) is 0 Å². The predicted molar refractivity (Wildman–Crippen MR) is 157 cm³/mol. The van der Waals surface area contributed by atoms with Gasteiger partial charge in [-0.25, -0.2) is 9.37 Å². The van der Waals surface area contributed by atoms with Gasteiger partial charge in [0.2, 0.25) is 0 Å². The van der Waals surface area contributed by atoms with E-state index in [1.165, 1.54) is 24.7 Å². The van der Waals surface area contributed by atoms with Gasteiger partial charge in [0.05, 0.1) is 21.3 Å². The molecule has 12 heteroatoms. The number of hydrogen-bond donors (Lipinski definition) is 4. The van der Waals surface area contributed by atoms with Crippen LogP contribution < -0.4 is 26.4 Å². The number of aromatic nitrogens is 2. The number of rotatable bonds is 8. The number of ether oxygens (including phenoxy) is 1. The molecule has 6 N–H and O–H groups in total. The Morgan fingerprint density at radius 1 is 1.24 bits per heavy atom. The number of thioether (sulfide) groups is 1. The van der Waals surface area contributed by atoms with E-state index in [1.54, 1.807) is 41.8 Å². The molecule has 1 atom stereocenters. The molecule has 4 rings (SSSR count). The first-order chi connectivity index (χ1) is 18.0. The summed E-state index contributed by atoms with van der Waals surface area (Å²) in [7, 11) is 1.83. The molecule has 3 heterocycles. The van der Waals surface area contributed by atoms with E-state index < -0.39 is 17.5 Å². The van der Waals surface area contributed by atoms with Gasteiger partial charge in [0.1, 0.15) is 11.9 Å². The van der Waals surface area contributed by atoms with E-state index in [2.05, 4.69) is 15.3 Å². The van der Waals surface area contributed by atoms with Gasteiger partial charge in [-0.1, -0.05) is 23.2 Å². The molecule has 1 aliphatic heterocycles. The number of likely N-dealkylation sites (N-methyl/N-ethyl adjacent to an activating group) is 1. The summed E-state index contributed by atoms with van der Waals surface area (Å²) in [5.41, 5.74) is 13.6. The standard InChI is InChI=1S/C24H26Cl2FN7O.C2H6S/c1-13(21-17(25)8-32-9-18(21)26)35-15-3-4-20(28)16(6-15)22(29)14-5-19(27)23(33-7-14)34-11-24(30,12-34)10-31-2;1-3-2/h3-9,13,29,31H,10-12,28,30H2,1-2H3;1-2H3/t13-;/m1./s1. The summed E-state index contributed by atoms with van der Waals surface area (Å²) >= 11 is 14.2. The van der Waals surface area contributed by atoms with Gasteiger partial charge in [-0.2, -0.15) is 11.8 Å². The van der Waals surface area contributed by atoms with E-state index in [0.717, 1.165) is 0 Å². The van der Waals surface area contributed by atoms with Gasteiger partial charge in [0, 0.05) is 60.6 Å². The highest BCUT2D eigenvalue weighted by molar-refractivity contribution is 7.97. The second-order valence-electron chi connectivity index (χ2n) is 9.09. The molecular weight excluding hydrogens is 548 g/mol. The molecule has 204 valence electrons. The van der Waals surface area contributed by atoms with Crippen LogP contribution in [-0.2, 0) is 0 Å². The lowest BCUT2D eigenvalue weighted by molar-refractivity contribution is 0.227. The van der Waals surface area contributed by atoms with Gasteiger partial charge >= 0.3 is 0 Å². The number of nitrogens with zero attached hydrogens (tertiary/aromatic N) is 3. The quantitative estimate of drug-likeness (QED) is 0.222. The van der Waals surface area contributed by atoms with E-state index in [0.29, 0.717) is 52.2 Å². The molecular formula is C26H32Cl2FN7OS. The van der Waals surface area contributed by atoms with Crippen LogP contribution in [-0.4, -0.2) is 60.4 Å². The molecule has 1 saturated heterocycles. The first kappa shape index (κ1) is 29.9. The molecule has 1 aromatic carbocycles. The van der Waals surface area contributed by atoms with Crippen molar-refractivity contribution in [1.82, 2.24) is 15.3 Å². The first-order valence-corrected chi connectivity index (χ1v) is 14.1. The summed E-state index contributed by atoms with van der Waals surface area (Å²) in [4.78, 5) is 9.99. The maximum Gasteiger partial charge on any atom is 0.166 e. The van der Waals surface area contributed by atoms with Crippen molar-refractivity contribution in [2.24, 2.45) is 5.73 Å². The number of pyridine rings is 2. The Morgan fingerprint density at radius 3 is 2.45 bits per heavy atom. The summed E-state index contributed by atoms with van der Waals surface area (Å²) in [5.74, 6) is 0.133. The summed E-state index contributed by atoms with van der Waals surface area (Å²) in [6.07, 6.45) is 8.04. The second kappa shape index (κ2) is 12.9. The third kappa shape index (κ3) is 6.86. The van der Waals surface area contributed by atoms with Gasteiger partial charge in [0.15, 0.2) is 11.6 Å². The third-order valence-corrected chi connectivity index (χ3v) is 6.46. The van der Waals surface area contributed by atoms with E-state index in [4.69, 9.17) is 44.8 Å². The molecule has 0 unspecified atom stereocenters. The molecule has 3 aromatic rings. The topological polar surface area (TPSA) is 126 Å². The van der Waals surface area contributed by atoms with Crippen LogP contribution in [0.15, 0.2) is 42.9 Å². The maximum absolute atomic E-state index is 14.9. The average molecular weight is 581 g/mol. The number of nitrogens with two attached hydrogens (primary N) is 2. The highest BCUT2D eigenvalue weighted by Gasteiger charge is 2.40. The fraction of sp³-hybridized carbons (Fsp3) is 0.346. The molecule has 0 amide bonds. The van der Waals surface area contributed by atoms with Crippen molar-refractivity contribution in [2.45, 2.75) is 18.6 Å². The molecule has 38 heavy (non-hydrogen) atoms. The number of anilines is 2. The van der Waals surface area contributed by atoms with Crippen molar-refractivity contribution in [2.75, 3.05) is 49.8 Å². The van der Waals surface area contributed by atoms with E-state index >= 15 is 0 Å². The Morgan fingerprint density at radius 2 is 1.87 bits per heavy atom. The van der Waals surface area contributed by atoms with Crippen molar-refractivity contribution < 1.29 is 9.13 Å². The lowest BCUT2D eigenvalue weighted by Crippen LogP contribution is -2.71. The highest BCUT2D eigenvalue weighted by atomic mass is 35.5. The predicted octanol–water partition coefficient (Wildman–Crippen LogP) is 4.78. The van der Waals surface area contributed by atoms with Crippen LogP contribution in [0, 0.1) is 11.2 Å². The van der Waals surface area contributed by atoms with E-state index in [-0.39, 0.29) is 17.1 Å². The number of nitrogens with one attached hydrogen (secondary N) is 2. The van der Waals surface area contributed by atoms with Crippen LogP contribution >= 0.6 is 35.0 Å². The number of halogens is 3. The summed E-state index contributed by atoms with van der Waals surface area (Å²) in [5, 5.41) is 12.5. The molecule has 0 radical (unpaired) electrons. The third-order valence-electron chi connectivity index (χ3n) is 5.85. The minimum Gasteiger partial charge on any atom is -0.486 e. The first-order valence-electron chi connectivity index (χ1n) is 11.7. The molecule has 2 aromatic heterocycles. The zero-order valence-corrected chi connectivity index (χ0v) is 24.0. The summed E-state index contributed by atoms with van der Waals surface area (Å²) < 4.78 is 20.9. The molecule has 0 aliphatic carbocycles. The number of benzene rings is 1. The molecule has 1 fully saturated rings. The molecule has 8 nitrogen and oxygen atoms in total. The largest absolute Gasteiger partial charge is 0.486 e. The van der Waals surface area contributed by atoms with Crippen molar-refractivity contribution in [3.8, 4) is 5.75 Å². The maximum atomic E-state index is 14.9. The zero-order valence-electron chi connectivity index (χ0n) is 21.7. The summed E-state index contributed by atoms with van der Waals surface area (Å²) in [6, 6.07) is 6.22. The minimum absolute atomic E-state index is 0.0190. The van der Waals surface area contributed by atoms with Crippen LogP contribution in [0.4, 0.5) is 15.9 Å². The lowest BCUT2D eigenvalue weighted by Gasteiger charge is -2.48. The van der Waals surface area contributed by atoms with Crippen molar-refractivity contribution >= 4 is 52.2 Å². The van der Waals surface area contributed by atoms with Gasteiger partial charge in [-0.05, 0) is 50.7 Å². The van der Waals surface area contributed by atoms with Crippen molar-refractivity contribution in [3.63, 3.8) is 0 Å². The Hall–Kier alpha value is -2.63. The summed E-state index contributed by atoms with van der Waals surface area (Å²) in [6.45, 7) is 3.41. The van der Waals surface area contributed by atoms with Crippen LogP contribution in [0.2, 0.25) is 10.0 Å². The molecule has 1 aliphatic rings. The van der Waals surface area contributed by atoms with Crippen LogP contribution in [0.3, 0.4) is 0 Å². The minimum atomic E-state index is -0.527. The zero-order chi connectivity index (χ0) is 28.0. The Balaban J connectivity index is 0.00000127. The van der Waals surface area contributed by atoms with Crippen molar-refractivity contribution in [1.29, 1.82) is 5.41 Å². The van der Waals surface area contributed by atoms with Crippen LogP contribution in [0.1, 0.15) is 29.7 Å². The van der Waals surface area contributed by atoms with E-state index in [1.807, 2.05) is 19.6 Å². The van der Waals surface area contributed by atoms with Gasteiger partial charge in [0.25, 0.3) is 0 Å². The monoisotopic (exact) mass is 579 g/mol. The van der Waals surface area contributed by atoms with Gasteiger partial charge in [-0.3, -0.25) is 10.4 Å². The number of nitrogen functional groups attached to an aromatic ring is 1. The normalized spacial score (nSPS) is 14.7. The lowest BCUT2D eigenvalue weighted by atomic mass is 9.91. The van der Waals surface area contributed by atoms with E-state index in [9.17, 15) is 4.39 Å². The SMILES string of the molecule is CNCC1(N)CN(c2ncc(C(=N)c3cc(O[C@H](C)c4c(Cl)cncc4Cl)ccc3N)cc2F)C1.CSC. The van der Waals surface area contributed by atoms with Gasteiger partial charge < -0.3 is 26.4 Å². The highest BCUT2D eigenvalue weighted by Crippen LogP contribution is 2.34. The fourth-order valence-corrected chi connectivity index (χ4v) is 4.85.